The summed E-state index contributed by atoms with van der Waals surface area (Å²) in [4.78, 5) is 2.48. The molecule has 92 valence electrons. The van der Waals surface area contributed by atoms with Gasteiger partial charge in [0, 0.05) is 29.9 Å². The molecular weight excluding hydrogens is 212 g/mol. The lowest BCUT2D eigenvalue weighted by atomic mass is 9.85. The third-order valence-corrected chi connectivity index (χ3v) is 3.98. The number of nitrogen functional groups attached to an aromatic ring is 1. The maximum Gasteiger partial charge on any atom is 0.0542 e. The number of benzene rings is 1. The van der Waals surface area contributed by atoms with E-state index < -0.39 is 0 Å². The molecule has 0 bridgehead atoms. The zero-order valence-electron chi connectivity index (χ0n) is 10.4. The lowest BCUT2D eigenvalue weighted by molar-refractivity contribution is -0.104. The summed E-state index contributed by atoms with van der Waals surface area (Å²) in [6.45, 7) is 6.44. The first-order valence-corrected chi connectivity index (χ1v) is 6.37. The Balaban J connectivity index is 1.67. The van der Waals surface area contributed by atoms with Crippen molar-refractivity contribution in [1.82, 2.24) is 0 Å². The number of nitrogens with zero attached hydrogens (tertiary/aromatic N) is 1. The highest BCUT2D eigenvalue weighted by Gasteiger charge is 2.34. The van der Waals surface area contributed by atoms with Gasteiger partial charge in [-0.15, -0.1) is 0 Å². The maximum absolute atomic E-state index is 5.82. The first-order valence-electron chi connectivity index (χ1n) is 6.37. The maximum atomic E-state index is 5.82. The third kappa shape index (κ3) is 2.00. The summed E-state index contributed by atoms with van der Waals surface area (Å²) in [5, 5.41) is 0. The van der Waals surface area contributed by atoms with E-state index >= 15 is 0 Å². The Morgan fingerprint density at radius 1 is 1.41 bits per heavy atom. The monoisotopic (exact) mass is 232 g/mol. The Morgan fingerprint density at radius 2 is 2.24 bits per heavy atom. The number of nitrogens with two attached hydrogens (primary N) is 1. The number of fused-ring (bicyclic) bond motifs is 1. The molecule has 17 heavy (non-hydrogen) atoms. The summed E-state index contributed by atoms with van der Waals surface area (Å²) in [5.41, 5.74) is 9.89. The van der Waals surface area contributed by atoms with Crippen molar-refractivity contribution in [3.8, 4) is 0 Å². The van der Waals surface area contributed by atoms with Crippen molar-refractivity contribution in [3.63, 3.8) is 0 Å². The number of anilines is 2. The summed E-state index contributed by atoms with van der Waals surface area (Å²) < 4.78 is 5.30. The van der Waals surface area contributed by atoms with Crippen LogP contribution in [0.3, 0.4) is 0 Å². The van der Waals surface area contributed by atoms with Crippen molar-refractivity contribution >= 4 is 11.4 Å². The van der Waals surface area contributed by atoms with Crippen molar-refractivity contribution in [1.29, 1.82) is 0 Å². The molecule has 1 aromatic rings. The fraction of sp³-hybridized carbons (Fsp3) is 0.571. The normalized spacial score (nSPS) is 21.1. The van der Waals surface area contributed by atoms with E-state index in [4.69, 9.17) is 10.5 Å². The van der Waals surface area contributed by atoms with Gasteiger partial charge in [-0.25, -0.2) is 0 Å². The molecule has 0 amide bonds. The smallest absolute Gasteiger partial charge is 0.0542 e. The SMILES string of the molecule is CC1(CCN2CCc3cc(N)ccc32)COC1. The van der Waals surface area contributed by atoms with Crippen LogP contribution in [0.2, 0.25) is 0 Å². The Labute approximate surface area is 103 Å². The van der Waals surface area contributed by atoms with E-state index in [1.807, 2.05) is 6.07 Å². The van der Waals surface area contributed by atoms with Crippen LogP contribution >= 0.6 is 0 Å². The number of ether oxygens (including phenoxy) is 1. The van der Waals surface area contributed by atoms with E-state index in [0.717, 1.165) is 38.4 Å². The predicted molar refractivity (Wildman–Crippen MR) is 70.3 cm³/mol. The van der Waals surface area contributed by atoms with Gasteiger partial charge >= 0.3 is 0 Å². The standard InChI is InChI=1S/C14H20N2O/c1-14(9-17-10-14)5-7-16-6-4-11-8-12(15)2-3-13(11)16/h2-3,8H,4-7,9-10,15H2,1H3. The summed E-state index contributed by atoms with van der Waals surface area (Å²) >= 11 is 0. The average Bonchev–Trinajstić information content (AvgIpc) is 2.66. The molecule has 2 N–H and O–H groups in total. The van der Waals surface area contributed by atoms with Gasteiger partial charge in [-0.2, -0.15) is 0 Å². The molecule has 1 aromatic carbocycles. The van der Waals surface area contributed by atoms with Gasteiger partial charge in [0.25, 0.3) is 0 Å². The highest BCUT2D eigenvalue weighted by molar-refractivity contribution is 5.62. The molecular formula is C14H20N2O. The number of hydrogen-bond acceptors (Lipinski definition) is 3. The summed E-state index contributed by atoms with van der Waals surface area (Å²) in [5.74, 6) is 0. The molecule has 3 heteroatoms. The van der Waals surface area contributed by atoms with E-state index in [1.165, 1.54) is 17.7 Å². The second-order valence-corrected chi connectivity index (χ2v) is 5.68. The molecule has 3 rings (SSSR count). The predicted octanol–water partition coefficient (Wildman–Crippen LogP) is 2.06. The first kappa shape index (κ1) is 10.9. The first-order chi connectivity index (χ1) is 8.16. The summed E-state index contributed by atoms with van der Waals surface area (Å²) in [6, 6.07) is 6.28. The Morgan fingerprint density at radius 3 is 2.94 bits per heavy atom. The second-order valence-electron chi connectivity index (χ2n) is 5.68. The highest BCUT2D eigenvalue weighted by Crippen LogP contribution is 2.34. The fourth-order valence-electron chi connectivity index (χ4n) is 2.72. The quantitative estimate of drug-likeness (QED) is 0.811. The largest absolute Gasteiger partial charge is 0.399 e. The molecule has 1 saturated heterocycles. The molecule has 0 spiro atoms. The minimum Gasteiger partial charge on any atom is -0.399 e. The van der Waals surface area contributed by atoms with Crippen molar-refractivity contribution in [2.24, 2.45) is 5.41 Å². The Bertz CT molecular complexity index is 426. The zero-order chi connectivity index (χ0) is 11.9. The highest BCUT2D eigenvalue weighted by atomic mass is 16.5. The molecule has 1 fully saturated rings. The van der Waals surface area contributed by atoms with Crippen molar-refractivity contribution in [3.05, 3.63) is 23.8 Å². The minimum atomic E-state index is 0.413. The van der Waals surface area contributed by atoms with Gasteiger partial charge in [-0.05, 0) is 36.6 Å². The van der Waals surface area contributed by atoms with Crippen LogP contribution in [0.5, 0.6) is 0 Å². The average molecular weight is 232 g/mol. The lowest BCUT2D eigenvalue weighted by Gasteiger charge is -2.39. The Hall–Kier alpha value is -1.22. The number of rotatable bonds is 3. The number of hydrogen-bond donors (Lipinski definition) is 1. The molecule has 2 aliphatic rings. The molecule has 0 aromatic heterocycles. The molecule has 0 radical (unpaired) electrons. The molecule has 2 heterocycles. The van der Waals surface area contributed by atoms with Crippen LogP contribution in [0.1, 0.15) is 18.9 Å². The van der Waals surface area contributed by atoms with E-state index in [2.05, 4.69) is 24.0 Å². The van der Waals surface area contributed by atoms with E-state index in [9.17, 15) is 0 Å². The molecule has 0 atom stereocenters. The van der Waals surface area contributed by atoms with Crippen molar-refractivity contribution in [2.45, 2.75) is 19.8 Å². The van der Waals surface area contributed by atoms with Crippen LogP contribution in [0.4, 0.5) is 11.4 Å². The third-order valence-electron chi connectivity index (χ3n) is 3.98. The lowest BCUT2D eigenvalue weighted by Crippen LogP contribution is -2.42. The summed E-state index contributed by atoms with van der Waals surface area (Å²) in [6.07, 6.45) is 2.35. The van der Waals surface area contributed by atoms with Crippen LogP contribution in [-0.4, -0.2) is 26.3 Å². The van der Waals surface area contributed by atoms with Gasteiger partial charge in [-0.3, -0.25) is 0 Å². The second kappa shape index (κ2) is 3.91. The van der Waals surface area contributed by atoms with E-state index in [1.54, 1.807) is 0 Å². The van der Waals surface area contributed by atoms with Gasteiger partial charge in [-0.1, -0.05) is 6.92 Å². The molecule has 0 aliphatic carbocycles. The van der Waals surface area contributed by atoms with Gasteiger partial charge in [0.2, 0.25) is 0 Å². The van der Waals surface area contributed by atoms with Gasteiger partial charge in [0.15, 0.2) is 0 Å². The van der Waals surface area contributed by atoms with Gasteiger partial charge < -0.3 is 15.4 Å². The molecule has 0 unspecified atom stereocenters. The van der Waals surface area contributed by atoms with Crippen LogP contribution < -0.4 is 10.6 Å². The van der Waals surface area contributed by atoms with E-state index in [0.29, 0.717) is 5.41 Å². The van der Waals surface area contributed by atoms with Gasteiger partial charge in [0.1, 0.15) is 0 Å². The molecule has 3 nitrogen and oxygen atoms in total. The molecule has 2 aliphatic heterocycles. The van der Waals surface area contributed by atoms with Crippen LogP contribution in [0.25, 0.3) is 0 Å². The molecule has 0 saturated carbocycles. The zero-order valence-corrected chi connectivity index (χ0v) is 10.4. The van der Waals surface area contributed by atoms with Crippen LogP contribution in [0.15, 0.2) is 18.2 Å². The minimum absolute atomic E-state index is 0.413. The fourth-order valence-corrected chi connectivity index (χ4v) is 2.72. The van der Waals surface area contributed by atoms with Crippen LogP contribution in [0, 0.1) is 5.41 Å². The van der Waals surface area contributed by atoms with Gasteiger partial charge in [0.05, 0.1) is 13.2 Å². The summed E-state index contributed by atoms with van der Waals surface area (Å²) in [7, 11) is 0. The van der Waals surface area contributed by atoms with Crippen molar-refractivity contribution in [2.75, 3.05) is 36.9 Å². The topological polar surface area (TPSA) is 38.5 Å². The van der Waals surface area contributed by atoms with E-state index in [-0.39, 0.29) is 0 Å². The Kier molecular flexibility index (Phi) is 2.51. The van der Waals surface area contributed by atoms with Crippen molar-refractivity contribution < 1.29 is 4.74 Å². The van der Waals surface area contributed by atoms with Crippen LogP contribution in [-0.2, 0) is 11.2 Å².